The predicted molar refractivity (Wildman–Crippen MR) is 121 cm³/mol. The predicted octanol–water partition coefficient (Wildman–Crippen LogP) is 1.75. The van der Waals surface area contributed by atoms with Crippen LogP contribution in [-0.4, -0.2) is 61.3 Å². The number of aliphatic imine (C=N–C) groups is 1. The molecular weight excluding hydrogens is 409 g/mol. The lowest BCUT2D eigenvalue weighted by molar-refractivity contribution is -0.140. The molecule has 0 radical (unpaired) electrons. The van der Waals surface area contributed by atoms with Gasteiger partial charge in [-0.3, -0.25) is 14.5 Å². The topological polar surface area (TPSA) is 77.0 Å². The fourth-order valence-electron chi connectivity index (χ4n) is 5.17. The second kappa shape index (κ2) is 9.40. The molecule has 1 aliphatic heterocycles. The van der Waals surface area contributed by atoms with Crippen molar-refractivity contribution in [3.63, 3.8) is 0 Å². The molecule has 1 aromatic carbocycles. The van der Waals surface area contributed by atoms with E-state index in [0.29, 0.717) is 44.2 Å². The zero-order chi connectivity index (χ0) is 22.8. The maximum absolute atomic E-state index is 14.0. The molecule has 2 amide bonds. The van der Waals surface area contributed by atoms with E-state index in [1.807, 2.05) is 32.0 Å². The number of nitrogens with one attached hydrogen (secondary N) is 2. The molecule has 4 unspecified atom stereocenters. The van der Waals surface area contributed by atoms with Gasteiger partial charge in [0.25, 0.3) is 0 Å². The summed E-state index contributed by atoms with van der Waals surface area (Å²) < 4.78 is 14.0. The molecule has 2 fully saturated rings. The van der Waals surface area contributed by atoms with Gasteiger partial charge in [-0.05, 0) is 57.0 Å². The highest BCUT2D eigenvalue weighted by atomic mass is 19.1. The maximum atomic E-state index is 14.0. The average molecular weight is 442 g/mol. The van der Waals surface area contributed by atoms with Crippen molar-refractivity contribution in [1.29, 1.82) is 0 Å². The van der Waals surface area contributed by atoms with Gasteiger partial charge >= 0.3 is 0 Å². The maximum Gasteiger partial charge on any atom is 0.233 e. The van der Waals surface area contributed by atoms with Crippen LogP contribution in [0.15, 0.2) is 35.3 Å². The van der Waals surface area contributed by atoms with Gasteiger partial charge in [-0.2, -0.15) is 0 Å². The van der Waals surface area contributed by atoms with Crippen molar-refractivity contribution in [2.75, 3.05) is 33.7 Å². The van der Waals surface area contributed by atoms with Crippen LogP contribution < -0.4 is 10.6 Å². The Kier molecular flexibility index (Phi) is 6.60. The van der Waals surface area contributed by atoms with Crippen molar-refractivity contribution in [2.24, 2.45) is 28.7 Å². The number of fused-ring (bicyclic) bond motifs is 5. The van der Waals surface area contributed by atoms with Crippen LogP contribution in [0.1, 0.15) is 24.5 Å². The fourth-order valence-corrected chi connectivity index (χ4v) is 5.17. The first-order valence-electron chi connectivity index (χ1n) is 11.4. The van der Waals surface area contributed by atoms with E-state index < -0.39 is 0 Å². The van der Waals surface area contributed by atoms with Crippen molar-refractivity contribution < 1.29 is 14.0 Å². The number of amides is 2. The lowest BCUT2D eigenvalue weighted by Crippen LogP contribution is -2.43. The molecule has 3 aliphatic rings. The van der Waals surface area contributed by atoms with Gasteiger partial charge < -0.3 is 15.5 Å². The van der Waals surface area contributed by atoms with E-state index in [1.54, 1.807) is 6.07 Å². The van der Waals surface area contributed by atoms with Crippen LogP contribution in [0.5, 0.6) is 0 Å². The highest BCUT2D eigenvalue weighted by molar-refractivity contribution is 6.06. The molecule has 7 nitrogen and oxygen atoms in total. The van der Waals surface area contributed by atoms with E-state index in [-0.39, 0.29) is 41.3 Å². The molecule has 2 N–H and O–H groups in total. The standard InChI is InChI=1S/C24H32FN5O2/c1-4-26-24(28-13-15-5-8-19(25)18(11-15)14-29(2)3)27-9-10-30-22(31)20-16-6-7-17(12-16)21(20)23(30)32/h5-8,11,16-17,20-21H,4,9-10,12-14H2,1-3H3,(H2,26,27,28). The van der Waals surface area contributed by atoms with Gasteiger partial charge in [0.05, 0.1) is 18.4 Å². The second-order valence-corrected chi connectivity index (χ2v) is 9.11. The molecule has 32 heavy (non-hydrogen) atoms. The molecule has 172 valence electrons. The molecule has 0 aromatic heterocycles. The number of rotatable bonds is 8. The summed E-state index contributed by atoms with van der Waals surface area (Å²) in [7, 11) is 3.81. The molecule has 4 rings (SSSR count). The van der Waals surface area contributed by atoms with Crippen molar-refractivity contribution in [2.45, 2.75) is 26.4 Å². The minimum Gasteiger partial charge on any atom is -0.357 e. The monoisotopic (exact) mass is 441 g/mol. The number of benzene rings is 1. The molecule has 1 saturated carbocycles. The molecule has 2 bridgehead atoms. The van der Waals surface area contributed by atoms with E-state index in [2.05, 4.69) is 27.8 Å². The summed E-state index contributed by atoms with van der Waals surface area (Å²) in [6, 6.07) is 5.06. The summed E-state index contributed by atoms with van der Waals surface area (Å²) in [6.07, 6.45) is 5.15. The van der Waals surface area contributed by atoms with Crippen LogP contribution in [0.2, 0.25) is 0 Å². The summed E-state index contributed by atoms with van der Waals surface area (Å²) in [6.45, 7) is 4.35. The Balaban J connectivity index is 1.34. The summed E-state index contributed by atoms with van der Waals surface area (Å²) in [5.41, 5.74) is 1.56. The van der Waals surface area contributed by atoms with Gasteiger partial charge in [0.2, 0.25) is 11.8 Å². The van der Waals surface area contributed by atoms with Crippen molar-refractivity contribution in [3.05, 3.63) is 47.3 Å². The summed E-state index contributed by atoms with van der Waals surface area (Å²) in [5.74, 6) is 0.471. The van der Waals surface area contributed by atoms with Gasteiger partial charge in [-0.25, -0.2) is 9.38 Å². The van der Waals surface area contributed by atoms with Gasteiger partial charge in [0, 0.05) is 31.7 Å². The van der Waals surface area contributed by atoms with E-state index >= 15 is 0 Å². The largest absolute Gasteiger partial charge is 0.357 e. The third-order valence-electron chi connectivity index (χ3n) is 6.55. The normalized spacial score (nSPS) is 26.4. The number of imide groups is 1. The van der Waals surface area contributed by atoms with Crippen LogP contribution >= 0.6 is 0 Å². The van der Waals surface area contributed by atoms with Crippen LogP contribution in [0.4, 0.5) is 4.39 Å². The smallest absolute Gasteiger partial charge is 0.233 e. The van der Waals surface area contributed by atoms with Crippen molar-refractivity contribution >= 4 is 17.8 Å². The number of likely N-dealkylation sites (tertiary alicyclic amines) is 1. The SMILES string of the molecule is CCNC(=NCc1ccc(F)c(CN(C)C)c1)NCCN1C(=O)C2C3C=CC(C3)C2C1=O. The Bertz CT molecular complexity index is 914. The van der Waals surface area contributed by atoms with Crippen molar-refractivity contribution in [1.82, 2.24) is 20.4 Å². The van der Waals surface area contributed by atoms with E-state index in [1.165, 1.54) is 11.0 Å². The minimum atomic E-state index is -0.218. The Morgan fingerprint density at radius 2 is 1.84 bits per heavy atom. The first-order valence-corrected chi connectivity index (χ1v) is 11.4. The highest BCUT2D eigenvalue weighted by Gasteiger charge is 2.58. The van der Waals surface area contributed by atoms with E-state index in [4.69, 9.17) is 0 Å². The molecule has 1 heterocycles. The third-order valence-corrected chi connectivity index (χ3v) is 6.55. The molecule has 8 heteroatoms. The number of carbonyl (C=O) groups is 2. The lowest BCUT2D eigenvalue weighted by atomic mass is 9.85. The number of halogens is 1. The Morgan fingerprint density at radius 1 is 1.16 bits per heavy atom. The third kappa shape index (κ3) is 4.41. The fraction of sp³-hybridized carbons (Fsp3) is 0.542. The van der Waals surface area contributed by atoms with Crippen LogP contribution in [0, 0.1) is 29.5 Å². The number of hydrogen-bond donors (Lipinski definition) is 2. The Hall–Kier alpha value is -2.74. The van der Waals surface area contributed by atoms with E-state index in [0.717, 1.165) is 12.0 Å². The molecular formula is C24H32FN5O2. The lowest BCUT2D eigenvalue weighted by Gasteiger charge is -2.18. The molecule has 0 spiro atoms. The quantitative estimate of drug-likeness (QED) is 0.278. The summed E-state index contributed by atoms with van der Waals surface area (Å²) in [4.78, 5) is 33.5. The summed E-state index contributed by atoms with van der Waals surface area (Å²) in [5, 5.41) is 6.40. The molecule has 4 atom stereocenters. The number of hydrogen-bond acceptors (Lipinski definition) is 4. The summed E-state index contributed by atoms with van der Waals surface area (Å²) >= 11 is 0. The molecule has 1 aromatic rings. The zero-order valence-corrected chi connectivity index (χ0v) is 19.0. The van der Waals surface area contributed by atoms with Gasteiger partial charge in [0.1, 0.15) is 5.82 Å². The average Bonchev–Trinajstić information content (AvgIpc) is 3.43. The highest BCUT2D eigenvalue weighted by Crippen LogP contribution is 2.52. The molecule has 1 saturated heterocycles. The number of guanidine groups is 1. The number of allylic oxidation sites excluding steroid dienone is 2. The second-order valence-electron chi connectivity index (χ2n) is 9.11. The first-order chi connectivity index (χ1) is 15.4. The van der Waals surface area contributed by atoms with Gasteiger partial charge in [0.15, 0.2) is 5.96 Å². The van der Waals surface area contributed by atoms with Gasteiger partial charge in [-0.1, -0.05) is 18.2 Å². The number of carbonyl (C=O) groups excluding carboxylic acids is 2. The molecule has 2 aliphatic carbocycles. The number of nitrogens with zero attached hydrogens (tertiary/aromatic N) is 3. The Morgan fingerprint density at radius 3 is 2.47 bits per heavy atom. The van der Waals surface area contributed by atoms with Crippen LogP contribution in [0.25, 0.3) is 0 Å². The van der Waals surface area contributed by atoms with Crippen LogP contribution in [0.3, 0.4) is 0 Å². The zero-order valence-electron chi connectivity index (χ0n) is 19.0. The van der Waals surface area contributed by atoms with Gasteiger partial charge in [-0.15, -0.1) is 0 Å². The Labute approximate surface area is 188 Å². The van der Waals surface area contributed by atoms with E-state index in [9.17, 15) is 14.0 Å². The minimum absolute atomic E-state index is 0.0275. The van der Waals surface area contributed by atoms with Crippen molar-refractivity contribution in [3.8, 4) is 0 Å². The van der Waals surface area contributed by atoms with Crippen LogP contribution in [-0.2, 0) is 22.7 Å². The first kappa shape index (κ1) is 22.5.